The minimum Gasteiger partial charge on any atom is -0.478 e. The van der Waals surface area contributed by atoms with Gasteiger partial charge in [-0.3, -0.25) is 0 Å². The van der Waals surface area contributed by atoms with Gasteiger partial charge in [-0.2, -0.15) is 13.2 Å². The largest absolute Gasteiger partial charge is 0.478 e. The van der Waals surface area contributed by atoms with Crippen molar-refractivity contribution in [1.82, 2.24) is 0 Å². The summed E-state index contributed by atoms with van der Waals surface area (Å²) in [6.07, 6.45) is -0.125. The minimum absolute atomic E-state index is 0.402. The van der Waals surface area contributed by atoms with Gasteiger partial charge in [0.05, 0.1) is 11.1 Å². The van der Waals surface area contributed by atoms with Crippen molar-refractivity contribution < 1.29 is 23.1 Å². The second-order valence-corrected chi connectivity index (χ2v) is 5.56. The Kier molecular flexibility index (Phi) is 4.44. The molecule has 0 aliphatic heterocycles. The first-order chi connectivity index (χ1) is 9.79. The van der Waals surface area contributed by atoms with Crippen LogP contribution < -0.4 is 4.90 Å². The number of rotatable bonds is 4. The third-order valence-electron chi connectivity index (χ3n) is 3.99. The first kappa shape index (κ1) is 15.7. The molecule has 0 spiro atoms. The smallest absolute Gasteiger partial charge is 0.417 e. The van der Waals surface area contributed by atoms with Gasteiger partial charge in [0, 0.05) is 19.3 Å². The highest BCUT2D eigenvalue weighted by Crippen LogP contribution is 2.35. The number of carboxylic acids is 1. The number of nitrogens with zero attached hydrogens (tertiary/aromatic N) is 1. The highest BCUT2D eigenvalue weighted by Gasteiger charge is 2.36. The fourth-order valence-corrected chi connectivity index (χ4v) is 2.88. The molecular weight excluding hydrogens is 283 g/mol. The molecular formula is C15H18F3NO2. The number of alkyl halides is 3. The summed E-state index contributed by atoms with van der Waals surface area (Å²) in [4.78, 5) is 12.7. The Morgan fingerprint density at radius 3 is 2.48 bits per heavy atom. The van der Waals surface area contributed by atoms with Gasteiger partial charge in [-0.1, -0.05) is 12.8 Å². The molecule has 3 nitrogen and oxygen atoms in total. The molecule has 1 aliphatic rings. The van der Waals surface area contributed by atoms with Crippen LogP contribution >= 0.6 is 0 Å². The molecule has 0 unspecified atom stereocenters. The fourth-order valence-electron chi connectivity index (χ4n) is 2.88. The highest BCUT2D eigenvalue weighted by atomic mass is 19.4. The van der Waals surface area contributed by atoms with Crippen LogP contribution in [0.5, 0.6) is 0 Å². The topological polar surface area (TPSA) is 40.5 Å². The van der Waals surface area contributed by atoms with E-state index in [1.807, 2.05) is 0 Å². The van der Waals surface area contributed by atoms with Crippen LogP contribution in [-0.2, 0) is 6.18 Å². The van der Waals surface area contributed by atoms with Crippen molar-refractivity contribution in [3.05, 3.63) is 29.3 Å². The van der Waals surface area contributed by atoms with Crippen LogP contribution in [0.2, 0.25) is 0 Å². The van der Waals surface area contributed by atoms with Crippen molar-refractivity contribution in [2.24, 2.45) is 5.92 Å². The van der Waals surface area contributed by atoms with E-state index < -0.39 is 23.3 Å². The lowest BCUT2D eigenvalue weighted by Gasteiger charge is -2.24. The number of halogens is 3. The molecule has 0 radical (unpaired) electrons. The maximum atomic E-state index is 13.0. The second kappa shape index (κ2) is 5.95. The molecule has 1 aliphatic carbocycles. The summed E-state index contributed by atoms with van der Waals surface area (Å²) in [5, 5.41) is 8.87. The predicted molar refractivity (Wildman–Crippen MR) is 73.6 cm³/mol. The molecule has 0 saturated heterocycles. The monoisotopic (exact) mass is 301 g/mol. The Bertz CT molecular complexity index is 522. The molecule has 0 bridgehead atoms. The third-order valence-corrected chi connectivity index (χ3v) is 3.99. The van der Waals surface area contributed by atoms with Crippen LogP contribution in [0.25, 0.3) is 0 Å². The summed E-state index contributed by atoms with van der Waals surface area (Å²) in [5.41, 5.74) is -1.40. The van der Waals surface area contributed by atoms with Gasteiger partial charge in [-0.05, 0) is 37.0 Å². The Morgan fingerprint density at radius 2 is 1.95 bits per heavy atom. The van der Waals surface area contributed by atoms with E-state index in [9.17, 15) is 18.0 Å². The fraction of sp³-hybridized carbons (Fsp3) is 0.533. The zero-order valence-corrected chi connectivity index (χ0v) is 11.8. The zero-order chi connectivity index (χ0) is 15.6. The number of benzene rings is 1. The van der Waals surface area contributed by atoms with E-state index in [0.717, 1.165) is 25.0 Å². The Hall–Kier alpha value is -1.72. The third kappa shape index (κ3) is 3.68. The van der Waals surface area contributed by atoms with Gasteiger partial charge < -0.3 is 10.0 Å². The van der Waals surface area contributed by atoms with Crippen molar-refractivity contribution in [2.75, 3.05) is 18.5 Å². The normalized spacial score (nSPS) is 16.2. The molecule has 0 heterocycles. The average molecular weight is 301 g/mol. The summed E-state index contributed by atoms with van der Waals surface area (Å²) in [7, 11) is 1.74. The molecule has 0 aromatic heterocycles. The van der Waals surface area contributed by atoms with E-state index in [-0.39, 0.29) is 0 Å². The van der Waals surface area contributed by atoms with Gasteiger partial charge in [0.15, 0.2) is 0 Å². The SMILES string of the molecule is CN(CC1CCCC1)c1ccc(C(=O)O)c(C(F)(F)F)c1. The molecule has 0 atom stereocenters. The Labute approximate surface area is 121 Å². The molecule has 1 N–H and O–H groups in total. The summed E-state index contributed by atoms with van der Waals surface area (Å²) in [6, 6.07) is 3.40. The summed E-state index contributed by atoms with van der Waals surface area (Å²) < 4.78 is 38.9. The van der Waals surface area contributed by atoms with Gasteiger partial charge in [0.25, 0.3) is 0 Å². The van der Waals surface area contributed by atoms with Crippen molar-refractivity contribution in [3.63, 3.8) is 0 Å². The Morgan fingerprint density at radius 1 is 1.33 bits per heavy atom. The number of carbonyl (C=O) groups is 1. The van der Waals surface area contributed by atoms with Gasteiger partial charge in [-0.15, -0.1) is 0 Å². The summed E-state index contributed by atoms with van der Waals surface area (Å²) in [6.45, 7) is 0.698. The maximum absolute atomic E-state index is 13.0. The van der Waals surface area contributed by atoms with Crippen LogP contribution in [-0.4, -0.2) is 24.7 Å². The standard InChI is InChI=1S/C15H18F3NO2/c1-19(9-10-4-2-3-5-10)11-6-7-12(14(20)21)13(8-11)15(16,17)18/h6-8,10H,2-5,9H2,1H3,(H,20,21). The van der Waals surface area contributed by atoms with Gasteiger partial charge in [0.1, 0.15) is 0 Å². The van der Waals surface area contributed by atoms with Gasteiger partial charge >= 0.3 is 12.1 Å². The minimum atomic E-state index is -4.67. The van der Waals surface area contributed by atoms with Crippen molar-refractivity contribution in [1.29, 1.82) is 0 Å². The van der Waals surface area contributed by atoms with E-state index in [4.69, 9.17) is 5.11 Å². The predicted octanol–water partition coefficient (Wildman–Crippen LogP) is 4.03. The van der Waals surface area contributed by atoms with Crippen molar-refractivity contribution >= 4 is 11.7 Å². The van der Waals surface area contributed by atoms with E-state index in [2.05, 4.69) is 0 Å². The van der Waals surface area contributed by atoms with Crippen LogP contribution in [0.3, 0.4) is 0 Å². The molecule has 1 aromatic rings. The quantitative estimate of drug-likeness (QED) is 0.912. The number of anilines is 1. The molecule has 0 amide bonds. The van der Waals surface area contributed by atoms with Crippen LogP contribution in [0.15, 0.2) is 18.2 Å². The van der Waals surface area contributed by atoms with Gasteiger partial charge in [0.2, 0.25) is 0 Å². The molecule has 1 saturated carbocycles. The molecule has 21 heavy (non-hydrogen) atoms. The number of hydrogen-bond acceptors (Lipinski definition) is 2. The maximum Gasteiger partial charge on any atom is 0.417 e. The highest BCUT2D eigenvalue weighted by molar-refractivity contribution is 5.90. The summed E-state index contributed by atoms with van der Waals surface area (Å²) in [5.74, 6) is -1.06. The van der Waals surface area contributed by atoms with Crippen LogP contribution in [0, 0.1) is 5.92 Å². The zero-order valence-electron chi connectivity index (χ0n) is 11.8. The van der Waals surface area contributed by atoms with Gasteiger partial charge in [-0.25, -0.2) is 4.79 Å². The lowest BCUT2D eigenvalue weighted by molar-refractivity contribution is -0.138. The lowest BCUT2D eigenvalue weighted by Crippen LogP contribution is -2.25. The first-order valence-electron chi connectivity index (χ1n) is 6.94. The second-order valence-electron chi connectivity index (χ2n) is 5.56. The lowest BCUT2D eigenvalue weighted by atomic mass is 10.0. The molecule has 2 rings (SSSR count). The molecule has 116 valence electrons. The number of hydrogen-bond donors (Lipinski definition) is 1. The number of aromatic carboxylic acids is 1. The van der Waals surface area contributed by atoms with Crippen molar-refractivity contribution in [2.45, 2.75) is 31.9 Å². The van der Waals surface area contributed by atoms with E-state index in [1.165, 1.54) is 18.9 Å². The molecule has 1 fully saturated rings. The van der Waals surface area contributed by atoms with E-state index in [1.54, 1.807) is 11.9 Å². The molecule has 1 aromatic carbocycles. The van der Waals surface area contributed by atoms with E-state index >= 15 is 0 Å². The van der Waals surface area contributed by atoms with Crippen molar-refractivity contribution in [3.8, 4) is 0 Å². The first-order valence-corrected chi connectivity index (χ1v) is 6.94. The van der Waals surface area contributed by atoms with E-state index in [0.29, 0.717) is 18.2 Å². The summed E-state index contributed by atoms with van der Waals surface area (Å²) >= 11 is 0. The average Bonchev–Trinajstić information content (AvgIpc) is 2.89. The molecule has 6 heteroatoms. The van der Waals surface area contributed by atoms with Crippen LogP contribution in [0.4, 0.5) is 18.9 Å². The number of carboxylic acid groups (broad SMARTS) is 1. The van der Waals surface area contributed by atoms with Crippen LogP contribution in [0.1, 0.15) is 41.6 Å². The Balaban J connectivity index is 2.26.